The first-order valence-electron chi connectivity index (χ1n) is 9.61. The van der Waals surface area contributed by atoms with E-state index in [4.69, 9.17) is 14.2 Å². The summed E-state index contributed by atoms with van der Waals surface area (Å²) in [5.41, 5.74) is 3.07. The van der Waals surface area contributed by atoms with Gasteiger partial charge in [0.1, 0.15) is 23.7 Å². The summed E-state index contributed by atoms with van der Waals surface area (Å²) in [6.07, 6.45) is 3.77. The van der Waals surface area contributed by atoms with Gasteiger partial charge in [0.15, 0.2) is 0 Å². The standard InChI is InChI=1S/C23H26O4/c1-15-9-10-19(20(21(15)25-3)23(2)11-12-23)26-17-13-18(14-17)27-22(24)16-7-5-4-6-8-16/h4-10,17-18H,11-14H2,1-3H3. The third-order valence-electron chi connectivity index (χ3n) is 5.75. The summed E-state index contributed by atoms with van der Waals surface area (Å²) in [5, 5.41) is 0. The lowest BCUT2D eigenvalue weighted by atomic mass is 9.90. The maximum absolute atomic E-state index is 12.1. The molecule has 0 unspecified atom stereocenters. The quantitative estimate of drug-likeness (QED) is 0.688. The molecule has 2 saturated carbocycles. The molecule has 2 aromatic carbocycles. The Morgan fingerprint density at radius 2 is 1.74 bits per heavy atom. The maximum atomic E-state index is 12.1. The first kappa shape index (κ1) is 17.9. The number of hydrogen-bond acceptors (Lipinski definition) is 4. The number of hydrogen-bond donors (Lipinski definition) is 0. The van der Waals surface area contributed by atoms with Crippen molar-refractivity contribution in [1.29, 1.82) is 0 Å². The van der Waals surface area contributed by atoms with Crippen molar-refractivity contribution in [3.8, 4) is 11.5 Å². The first-order valence-corrected chi connectivity index (χ1v) is 9.61. The smallest absolute Gasteiger partial charge is 0.338 e. The Bertz CT molecular complexity index is 833. The number of rotatable bonds is 6. The Labute approximate surface area is 160 Å². The summed E-state index contributed by atoms with van der Waals surface area (Å²) in [7, 11) is 1.73. The number of aryl methyl sites for hydroxylation is 1. The van der Waals surface area contributed by atoms with Crippen molar-refractivity contribution in [2.24, 2.45) is 0 Å². The molecule has 0 aliphatic heterocycles. The van der Waals surface area contributed by atoms with Gasteiger partial charge in [-0.2, -0.15) is 0 Å². The Balaban J connectivity index is 1.40. The van der Waals surface area contributed by atoms with Gasteiger partial charge in [0.2, 0.25) is 0 Å². The predicted octanol–water partition coefficient (Wildman–Crippen LogP) is 4.82. The Morgan fingerprint density at radius 3 is 2.37 bits per heavy atom. The zero-order chi connectivity index (χ0) is 19.0. The zero-order valence-corrected chi connectivity index (χ0v) is 16.2. The summed E-state index contributed by atoms with van der Waals surface area (Å²) in [4.78, 5) is 12.1. The number of carbonyl (C=O) groups is 1. The van der Waals surface area contributed by atoms with Crippen LogP contribution in [0.15, 0.2) is 42.5 Å². The number of ether oxygens (including phenoxy) is 3. The van der Waals surface area contributed by atoms with Crippen molar-refractivity contribution in [1.82, 2.24) is 0 Å². The summed E-state index contributed by atoms with van der Waals surface area (Å²) in [6, 6.07) is 13.2. The van der Waals surface area contributed by atoms with Crippen LogP contribution in [-0.4, -0.2) is 25.3 Å². The zero-order valence-electron chi connectivity index (χ0n) is 16.2. The summed E-state index contributed by atoms with van der Waals surface area (Å²) < 4.78 is 17.6. The van der Waals surface area contributed by atoms with Gasteiger partial charge in [-0.15, -0.1) is 0 Å². The van der Waals surface area contributed by atoms with E-state index in [0.29, 0.717) is 5.56 Å². The number of methoxy groups -OCH3 is 1. The van der Waals surface area contributed by atoms with Gasteiger partial charge in [0.25, 0.3) is 0 Å². The van der Waals surface area contributed by atoms with Crippen LogP contribution in [0.2, 0.25) is 0 Å². The van der Waals surface area contributed by atoms with Crippen LogP contribution in [-0.2, 0) is 10.2 Å². The summed E-state index contributed by atoms with van der Waals surface area (Å²) >= 11 is 0. The molecule has 0 bridgehead atoms. The average Bonchev–Trinajstić information content (AvgIpc) is 3.39. The van der Waals surface area contributed by atoms with Crippen molar-refractivity contribution in [2.75, 3.05) is 7.11 Å². The molecule has 0 saturated heterocycles. The molecule has 0 aromatic heterocycles. The fraction of sp³-hybridized carbons (Fsp3) is 0.435. The SMILES string of the molecule is COc1c(C)ccc(OC2CC(OC(=O)c3ccccc3)C2)c1C1(C)CC1. The van der Waals surface area contributed by atoms with Crippen LogP contribution in [0.25, 0.3) is 0 Å². The minimum Gasteiger partial charge on any atom is -0.496 e. The van der Waals surface area contributed by atoms with E-state index >= 15 is 0 Å². The van der Waals surface area contributed by atoms with E-state index in [1.165, 1.54) is 5.56 Å². The van der Waals surface area contributed by atoms with Gasteiger partial charge in [0.05, 0.1) is 12.7 Å². The lowest BCUT2D eigenvalue weighted by Gasteiger charge is -2.35. The Morgan fingerprint density at radius 1 is 1.04 bits per heavy atom. The second-order valence-electron chi connectivity index (χ2n) is 7.95. The normalized spacial score (nSPS) is 22.5. The molecule has 2 aromatic rings. The molecule has 0 amide bonds. The van der Waals surface area contributed by atoms with Crippen LogP contribution < -0.4 is 9.47 Å². The highest BCUT2D eigenvalue weighted by Crippen LogP contribution is 2.55. The van der Waals surface area contributed by atoms with E-state index < -0.39 is 0 Å². The lowest BCUT2D eigenvalue weighted by Crippen LogP contribution is -2.41. The highest BCUT2D eigenvalue weighted by molar-refractivity contribution is 5.89. The van der Waals surface area contributed by atoms with Gasteiger partial charge in [-0.05, 0) is 48.9 Å². The van der Waals surface area contributed by atoms with Gasteiger partial charge in [0, 0.05) is 18.4 Å². The molecule has 0 heterocycles. The summed E-state index contributed by atoms with van der Waals surface area (Å²) in [6.45, 7) is 4.34. The van der Waals surface area contributed by atoms with E-state index in [2.05, 4.69) is 26.0 Å². The topological polar surface area (TPSA) is 44.8 Å². The number of benzene rings is 2. The highest BCUT2D eigenvalue weighted by atomic mass is 16.6. The molecule has 4 nitrogen and oxygen atoms in total. The van der Waals surface area contributed by atoms with Gasteiger partial charge >= 0.3 is 5.97 Å². The third kappa shape index (κ3) is 3.53. The molecule has 142 valence electrons. The molecule has 0 spiro atoms. The van der Waals surface area contributed by atoms with Gasteiger partial charge in [-0.3, -0.25) is 0 Å². The van der Waals surface area contributed by atoms with E-state index in [-0.39, 0.29) is 23.6 Å². The predicted molar refractivity (Wildman–Crippen MR) is 104 cm³/mol. The molecule has 2 aliphatic carbocycles. The molecule has 2 fully saturated rings. The number of esters is 1. The monoisotopic (exact) mass is 366 g/mol. The van der Waals surface area contributed by atoms with E-state index in [0.717, 1.165) is 42.7 Å². The highest BCUT2D eigenvalue weighted by Gasteiger charge is 2.45. The van der Waals surface area contributed by atoms with Crippen LogP contribution in [0.5, 0.6) is 11.5 Å². The Hall–Kier alpha value is -2.49. The fourth-order valence-electron chi connectivity index (χ4n) is 3.72. The van der Waals surface area contributed by atoms with Crippen molar-refractivity contribution < 1.29 is 19.0 Å². The average molecular weight is 366 g/mol. The van der Waals surface area contributed by atoms with Crippen LogP contribution in [0.4, 0.5) is 0 Å². The van der Waals surface area contributed by atoms with E-state index in [1.54, 1.807) is 19.2 Å². The van der Waals surface area contributed by atoms with Crippen LogP contribution >= 0.6 is 0 Å². The van der Waals surface area contributed by atoms with Crippen molar-refractivity contribution in [2.45, 2.75) is 57.2 Å². The fourth-order valence-corrected chi connectivity index (χ4v) is 3.72. The van der Waals surface area contributed by atoms with Gasteiger partial charge in [-0.25, -0.2) is 4.79 Å². The van der Waals surface area contributed by atoms with Crippen LogP contribution in [0.3, 0.4) is 0 Å². The molecule has 4 rings (SSSR count). The van der Waals surface area contributed by atoms with Crippen molar-refractivity contribution in [3.63, 3.8) is 0 Å². The second kappa shape index (κ2) is 6.91. The minimum absolute atomic E-state index is 0.0741. The van der Waals surface area contributed by atoms with Crippen LogP contribution in [0, 0.1) is 6.92 Å². The molecule has 27 heavy (non-hydrogen) atoms. The molecular weight excluding hydrogens is 340 g/mol. The molecule has 0 radical (unpaired) electrons. The van der Waals surface area contributed by atoms with Crippen LogP contribution in [0.1, 0.15) is 54.1 Å². The lowest BCUT2D eigenvalue weighted by molar-refractivity contribution is -0.0375. The van der Waals surface area contributed by atoms with E-state index in [9.17, 15) is 4.79 Å². The Kier molecular flexibility index (Phi) is 4.58. The third-order valence-corrected chi connectivity index (χ3v) is 5.75. The van der Waals surface area contributed by atoms with Gasteiger partial charge in [-0.1, -0.05) is 31.2 Å². The second-order valence-corrected chi connectivity index (χ2v) is 7.95. The molecular formula is C23H26O4. The minimum atomic E-state index is -0.262. The molecule has 0 atom stereocenters. The van der Waals surface area contributed by atoms with E-state index in [1.807, 2.05) is 18.2 Å². The first-order chi connectivity index (χ1) is 13.0. The molecule has 0 N–H and O–H groups in total. The van der Waals surface area contributed by atoms with Crippen molar-refractivity contribution in [3.05, 3.63) is 59.2 Å². The maximum Gasteiger partial charge on any atom is 0.338 e. The molecule has 2 aliphatic rings. The largest absolute Gasteiger partial charge is 0.496 e. The number of carbonyl (C=O) groups excluding carboxylic acids is 1. The van der Waals surface area contributed by atoms with Gasteiger partial charge < -0.3 is 14.2 Å². The summed E-state index contributed by atoms with van der Waals surface area (Å²) in [5.74, 6) is 1.59. The molecule has 4 heteroatoms. The van der Waals surface area contributed by atoms with Crippen molar-refractivity contribution >= 4 is 5.97 Å².